The van der Waals surface area contributed by atoms with Gasteiger partial charge in [-0.3, -0.25) is 0 Å². The first-order valence-electron chi connectivity index (χ1n) is 11.3. The van der Waals surface area contributed by atoms with E-state index in [1.54, 1.807) is 11.1 Å². The smallest absolute Gasteiger partial charge is 0.407 e. The van der Waals surface area contributed by atoms with E-state index in [9.17, 15) is 4.79 Å². The fraction of sp³-hybridized carbons (Fsp3) is 0.500. The van der Waals surface area contributed by atoms with Crippen molar-refractivity contribution >= 4 is 17.5 Å². The van der Waals surface area contributed by atoms with Crippen LogP contribution in [0.4, 0.5) is 16.2 Å². The molecule has 4 rings (SSSR count). The number of nitrogens with zero attached hydrogens (tertiary/aromatic N) is 1. The van der Waals surface area contributed by atoms with Crippen molar-refractivity contribution < 1.29 is 9.53 Å². The summed E-state index contributed by atoms with van der Waals surface area (Å²) in [4.78, 5) is 13.0. The fourth-order valence-electron chi connectivity index (χ4n) is 4.18. The van der Waals surface area contributed by atoms with E-state index in [1.165, 1.54) is 68.9 Å². The van der Waals surface area contributed by atoms with E-state index >= 15 is 0 Å². The number of carbonyl (C=O) groups excluding carboxylic acids is 1. The van der Waals surface area contributed by atoms with Crippen molar-refractivity contribution in [2.45, 2.75) is 71.3 Å². The lowest BCUT2D eigenvalue weighted by atomic mass is 9.91. The lowest BCUT2D eigenvalue weighted by molar-refractivity contribution is 0.0541. The first kappa shape index (κ1) is 22.2. The van der Waals surface area contributed by atoms with Gasteiger partial charge in [-0.2, -0.15) is 0 Å². The molecule has 1 amide bonds. The van der Waals surface area contributed by atoms with E-state index in [1.807, 2.05) is 20.8 Å². The van der Waals surface area contributed by atoms with Crippen molar-refractivity contribution in [3.05, 3.63) is 59.2 Å². The summed E-state index contributed by atoms with van der Waals surface area (Å²) in [5.74, 6) is 0. The maximum atomic E-state index is 10.5. The average Bonchev–Trinajstić information content (AvgIpc) is 2.95. The molecule has 1 aliphatic carbocycles. The monoisotopic (exact) mass is 408 g/mol. The average molecular weight is 409 g/mol. The highest BCUT2D eigenvalue weighted by atomic mass is 16.6. The summed E-state index contributed by atoms with van der Waals surface area (Å²) in [5.41, 5.74) is 7.09. The van der Waals surface area contributed by atoms with Gasteiger partial charge in [-0.05, 0) is 101 Å². The summed E-state index contributed by atoms with van der Waals surface area (Å²) in [6.07, 6.45) is 8.67. The zero-order valence-electron chi connectivity index (χ0n) is 19.0. The third-order valence-corrected chi connectivity index (χ3v) is 5.61. The SMILES string of the molecule is CNC(=O)OC(C)(C)C.c1ccc2c(c1)CCCCN2c1ccc2c(c1)CCCC2. The quantitative estimate of drug-likeness (QED) is 0.612. The number of alkyl carbamates (subject to hydrolysis) is 1. The fourth-order valence-corrected chi connectivity index (χ4v) is 4.18. The first-order valence-corrected chi connectivity index (χ1v) is 11.3. The van der Waals surface area contributed by atoms with Gasteiger partial charge >= 0.3 is 6.09 Å². The number of rotatable bonds is 1. The largest absolute Gasteiger partial charge is 0.444 e. The Hall–Kier alpha value is -2.49. The second-order valence-corrected chi connectivity index (χ2v) is 9.15. The molecule has 0 saturated carbocycles. The Balaban J connectivity index is 0.000000244. The van der Waals surface area contributed by atoms with Crippen LogP contribution in [0.15, 0.2) is 42.5 Å². The zero-order chi connectivity index (χ0) is 21.6. The van der Waals surface area contributed by atoms with Gasteiger partial charge in [0.25, 0.3) is 0 Å². The molecule has 0 aromatic heterocycles. The normalized spacial score (nSPS) is 15.7. The van der Waals surface area contributed by atoms with Crippen molar-refractivity contribution in [1.29, 1.82) is 0 Å². The van der Waals surface area contributed by atoms with E-state index in [-0.39, 0.29) is 11.7 Å². The maximum Gasteiger partial charge on any atom is 0.407 e. The van der Waals surface area contributed by atoms with Crippen LogP contribution < -0.4 is 10.2 Å². The minimum Gasteiger partial charge on any atom is -0.444 e. The highest BCUT2D eigenvalue weighted by Gasteiger charge is 2.18. The van der Waals surface area contributed by atoms with Crippen LogP contribution in [0.25, 0.3) is 0 Å². The van der Waals surface area contributed by atoms with E-state index in [0.717, 1.165) is 6.54 Å². The van der Waals surface area contributed by atoms with Gasteiger partial charge in [0.15, 0.2) is 0 Å². The highest BCUT2D eigenvalue weighted by molar-refractivity contribution is 5.68. The topological polar surface area (TPSA) is 41.6 Å². The van der Waals surface area contributed by atoms with Gasteiger partial charge in [0, 0.05) is 25.0 Å². The van der Waals surface area contributed by atoms with E-state index in [4.69, 9.17) is 4.74 Å². The lowest BCUT2D eigenvalue weighted by Crippen LogP contribution is -2.30. The van der Waals surface area contributed by atoms with Crippen molar-refractivity contribution in [3.63, 3.8) is 0 Å². The second kappa shape index (κ2) is 10.0. The number of ether oxygens (including phenoxy) is 1. The number of anilines is 2. The number of aryl methyl sites for hydroxylation is 3. The maximum absolute atomic E-state index is 10.5. The van der Waals surface area contributed by atoms with Gasteiger partial charge in [0.05, 0.1) is 0 Å². The van der Waals surface area contributed by atoms with E-state index in [0.29, 0.717) is 0 Å². The molecule has 1 aliphatic heterocycles. The Morgan fingerprint density at radius 2 is 1.57 bits per heavy atom. The number of nitrogens with one attached hydrogen (secondary N) is 1. The highest BCUT2D eigenvalue weighted by Crippen LogP contribution is 2.34. The second-order valence-electron chi connectivity index (χ2n) is 9.15. The molecule has 2 aromatic carbocycles. The number of para-hydroxylation sites is 1. The van der Waals surface area contributed by atoms with Gasteiger partial charge in [-0.25, -0.2) is 4.79 Å². The Morgan fingerprint density at radius 1 is 0.900 bits per heavy atom. The molecule has 2 aromatic rings. The molecule has 0 atom stereocenters. The van der Waals surface area contributed by atoms with Gasteiger partial charge < -0.3 is 15.0 Å². The van der Waals surface area contributed by atoms with Crippen LogP contribution in [0.5, 0.6) is 0 Å². The van der Waals surface area contributed by atoms with Crippen molar-refractivity contribution in [2.75, 3.05) is 18.5 Å². The molecule has 0 radical (unpaired) electrons. The predicted octanol–water partition coefficient (Wildman–Crippen LogP) is 6.18. The molecule has 4 nitrogen and oxygen atoms in total. The third-order valence-electron chi connectivity index (χ3n) is 5.61. The predicted molar refractivity (Wildman–Crippen MR) is 125 cm³/mol. The summed E-state index contributed by atoms with van der Waals surface area (Å²) in [6, 6.07) is 16.1. The molecule has 0 fully saturated rings. The molecule has 4 heteroatoms. The summed E-state index contributed by atoms with van der Waals surface area (Å²) < 4.78 is 4.84. The van der Waals surface area contributed by atoms with Crippen LogP contribution in [-0.2, 0) is 24.0 Å². The van der Waals surface area contributed by atoms with Gasteiger partial charge in [0.1, 0.15) is 5.60 Å². The van der Waals surface area contributed by atoms with Crippen LogP contribution in [0, 0.1) is 0 Å². The molecule has 0 bridgehead atoms. The molecule has 2 aliphatic rings. The summed E-state index contributed by atoms with van der Waals surface area (Å²) in [5, 5.41) is 2.36. The van der Waals surface area contributed by atoms with Gasteiger partial charge in [-0.15, -0.1) is 0 Å². The third kappa shape index (κ3) is 6.01. The Bertz CT molecular complexity index is 854. The van der Waals surface area contributed by atoms with Gasteiger partial charge in [0.2, 0.25) is 0 Å². The molecule has 1 heterocycles. The molecular weight excluding hydrogens is 372 g/mol. The number of carbonyl (C=O) groups is 1. The Labute approximate surface area is 181 Å². The molecule has 0 unspecified atom stereocenters. The van der Waals surface area contributed by atoms with Crippen molar-refractivity contribution in [2.24, 2.45) is 0 Å². The molecule has 1 N–H and O–H groups in total. The zero-order valence-corrected chi connectivity index (χ0v) is 19.0. The van der Waals surface area contributed by atoms with Gasteiger partial charge in [-0.1, -0.05) is 24.3 Å². The molecule has 0 saturated heterocycles. The molecular formula is C26H36N2O2. The minimum atomic E-state index is -0.389. The van der Waals surface area contributed by atoms with Crippen LogP contribution in [0.1, 0.15) is 63.1 Å². The van der Waals surface area contributed by atoms with Crippen LogP contribution >= 0.6 is 0 Å². The molecule has 162 valence electrons. The number of hydrogen-bond acceptors (Lipinski definition) is 3. The molecule has 0 spiro atoms. The number of fused-ring (bicyclic) bond motifs is 2. The van der Waals surface area contributed by atoms with Crippen LogP contribution in [0.2, 0.25) is 0 Å². The molecule has 30 heavy (non-hydrogen) atoms. The summed E-state index contributed by atoms with van der Waals surface area (Å²) in [7, 11) is 1.54. The number of benzene rings is 2. The Kier molecular flexibility index (Phi) is 7.41. The lowest BCUT2D eigenvalue weighted by Gasteiger charge is -2.27. The van der Waals surface area contributed by atoms with E-state index in [2.05, 4.69) is 52.7 Å². The van der Waals surface area contributed by atoms with Crippen LogP contribution in [-0.4, -0.2) is 25.3 Å². The Morgan fingerprint density at radius 3 is 2.27 bits per heavy atom. The first-order chi connectivity index (χ1) is 14.4. The number of hydrogen-bond donors (Lipinski definition) is 1. The van der Waals surface area contributed by atoms with Crippen LogP contribution in [0.3, 0.4) is 0 Å². The summed E-state index contributed by atoms with van der Waals surface area (Å²) in [6.45, 7) is 6.61. The number of amides is 1. The minimum absolute atomic E-state index is 0.387. The van der Waals surface area contributed by atoms with E-state index < -0.39 is 0 Å². The summed E-state index contributed by atoms with van der Waals surface area (Å²) >= 11 is 0. The van der Waals surface area contributed by atoms with Crippen molar-refractivity contribution in [3.8, 4) is 0 Å². The van der Waals surface area contributed by atoms with Crippen molar-refractivity contribution in [1.82, 2.24) is 5.32 Å². The standard InChI is InChI=1S/C20H23N.C6H13NO2/c1-2-10-18-15-19(13-12-16(18)7-1)21-14-6-5-9-17-8-3-4-11-20(17)21;1-6(2,3)9-5(8)7-4/h3-4,8,11-13,15H,1-2,5-7,9-10,14H2;1-4H3,(H,7,8).